The summed E-state index contributed by atoms with van der Waals surface area (Å²) in [6.45, 7) is 12.0. The van der Waals surface area contributed by atoms with E-state index in [1.54, 1.807) is 24.3 Å². The van der Waals surface area contributed by atoms with E-state index in [4.69, 9.17) is 4.74 Å². The number of carbonyl (C=O) groups is 1. The van der Waals surface area contributed by atoms with Crippen molar-refractivity contribution in [3.05, 3.63) is 90.5 Å². The highest BCUT2D eigenvalue weighted by atomic mass is 16.6. The van der Waals surface area contributed by atoms with Crippen LogP contribution in [0, 0.1) is 10.1 Å². The minimum atomic E-state index is -0.632. The number of hydrogen-bond acceptors (Lipinski definition) is 7. The number of esters is 1. The van der Waals surface area contributed by atoms with E-state index < -0.39 is 10.9 Å². The number of nitro groups is 1. The molecule has 0 saturated heterocycles. The fourth-order valence-corrected chi connectivity index (χ4v) is 2.36. The summed E-state index contributed by atoms with van der Waals surface area (Å²) in [6.07, 6.45) is 4.55. The molecule has 0 saturated carbocycles. The molecular formula is C21H20N4O4. The minimum Gasteiger partial charge on any atom is -0.421 e. The van der Waals surface area contributed by atoms with Crippen molar-refractivity contribution in [2.75, 3.05) is 18.0 Å². The number of non-ortho nitro benzene ring substituents is 1. The molecular weight excluding hydrogens is 372 g/mol. The van der Waals surface area contributed by atoms with E-state index in [1.807, 2.05) is 11.0 Å². The first-order chi connectivity index (χ1) is 14.0. The van der Waals surface area contributed by atoms with Crippen LogP contribution < -0.4 is 9.64 Å². The third-order valence-corrected chi connectivity index (χ3v) is 3.72. The molecule has 2 aromatic carbocycles. The second kappa shape index (κ2) is 10.3. The van der Waals surface area contributed by atoms with Crippen molar-refractivity contribution < 1.29 is 14.5 Å². The molecule has 0 aliphatic rings. The molecule has 0 unspecified atom stereocenters. The molecule has 0 radical (unpaired) electrons. The molecule has 2 rings (SSSR count). The van der Waals surface area contributed by atoms with Crippen LogP contribution in [0.3, 0.4) is 0 Å². The topological polar surface area (TPSA) is 97.4 Å². The predicted molar refractivity (Wildman–Crippen MR) is 112 cm³/mol. The summed E-state index contributed by atoms with van der Waals surface area (Å²) >= 11 is 0. The Balaban J connectivity index is 2.36. The Bertz CT molecular complexity index is 942. The summed E-state index contributed by atoms with van der Waals surface area (Å²) in [5.74, 6) is -0.427. The van der Waals surface area contributed by atoms with Gasteiger partial charge in [0, 0.05) is 43.1 Å². The van der Waals surface area contributed by atoms with E-state index >= 15 is 0 Å². The highest BCUT2D eigenvalue weighted by Crippen LogP contribution is 2.34. The number of azo groups is 1. The minimum absolute atomic E-state index is 0.0431. The first-order valence-corrected chi connectivity index (χ1v) is 8.59. The van der Waals surface area contributed by atoms with E-state index in [1.165, 1.54) is 24.3 Å². The number of benzene rings is 2. The van der Waals surface area contributed by atoms with Gasteiger partial charge in [-0.25, -0.2) is 4.79 Å². The van der Waals surface area contributed by atoms with Gasteiger partial charge in [-0.3, -0.25) is 10.1 Å². The number of nitrogens with zero attached hydrogens (tertiary/aromatic N) is 4. The zero-order valence-electron chi connectivity index (χ0n) is 15.7. The van der Waals surface area contributed by atoms with E-state index in [0.29, 0.717) is 24.5 Å². The Labute approximate surface area is 168 Å². The third-order valence-electron chi connectivity index (χ3n) is 3.72. The third kappa shape index (κ3) is 5.96. The van der Waals surface area contributed by atoms with Crippen LogP contribution in [0.25, 0.3) is 0 Å². The van der Waals surface area contributed by atoms with Gasteiger partial charge in [0.2, 0.25) is 0 Å². The van der Waals surface area contributed by atoms with E-state index in [-0.39, 0.29) is 11.4 Å². The van der Waals surface area contributed by atoms with Crippen LogP contribution in [-0.4, -0.2) is 24.0 Å². The van der Waals surface area contributed by atoms with Crippen LogP contribution in [0.1, 0.15) is 0 Å². The molecule has 0 aliphatic heterocycles. The summed E-state index contributed by atoms with van der Waals surface area (Å²) < 4.78 is 5.30. The molecule has 0 N–H and O–H groups in total. The summed E-state index contributed by atoms with van der Waals surface area (Å²) in [4.78, 5) is 23.9. The Morgan fingerprint density at radius 1 is 1.07 bits per heavy atom. The SMILES string of the molecule is C=CCN(CC=C)c1ccc(N=Nc2ccc([N+](=O)[O-])cc2)c(OC(=O)C=C)c1. The standard InChI is InChI=1S/C21H20N4O4/c1-4-13-24(14-5-2)18-11-12-19(20(15-18)29-21(26)6-3)23-22-16-7-9-17(10-8-16)25(27)28/h4-12,15H,1-3,13-14H2. The number of hydrogen-bond donors (Lipinski definition) is 0. The Hall–Kier alpha value is -4.07. The van der Waals surface area contributed by atoms with Crippen molar-refractivity contribution in [1.29, 1.82) is 0 Å². The molecule has 8 heteroatoms. The lowest BCUT2D eigenvalue weighted by Crippen LogP contribution is -2.23. The van der Waals surface area contributed by atoms with Crippen LogP contribution in [-0.2, 0) is 4.79 Å². The monoisotopic (exact) mass is 392 g/mol. The largest absolute Gasteiger partial charge is 0.421 e. The van der Waals surface area contributed by atoms with Gasteiger partial charge in [0.05, 0.1) is 10.6 Å². The molecule has 0 fully saturated rings. The first-order valence-electron chi connectivity index (χ1n) is 8.59. The van der Waals surface area contributed by atoms with Crippen molar-refractivity contribution >= 4 is 28.7 Å². The zero-order valence-corrected chi connectivity index (χ0v) is 15.7. The number of ether oxygens (including phenoxy) is 1. The second-order valence-corrected chi connectivity index (χ2v) is 5.73. The Morgan fingerprint density at radius 2 is 1.72 bits per heavy atom. The number of carbonyl (C=O) groups excluding carboxylic acids is 1. The maximum Gasteiger partial charge on any atom is 0.335 e. The van der Waals surface area contributed by atoms with Gasteiger partial charge in [0.1, 0.15) is 5.69 Å². The molecule has 0 aromatic heterocycles. The number of rotatable bonds is 10. The van der Waals surface area contributed by atoms with Crippen LogP contribution in [0.5, 0.6) is 5.75 Å². The quantitative estimate of drug-likeness (QED) is 0.104. The highest BCUT2D eigenvalue weighted by molar-refractivity contribution is 5.84. The lowest BCUT2D eigenvalue weighted by atomic mass is 10.2. The van der Waals surface area contributed by atoms with Gasteiger partial charge in [-0.15, -0.1) is 18.3 Å². The van der Waals surface area contributed by atoms with Crippen molar-refractivity contribution in [2.24, 2.45) is 10.2 Å². The van der Waals surface area contributed by atoms with Gasteiger partial charge >= 0.3 is 5.97 Å². The van der Waals surface area contributed by atoms with Gasteiger partial charge in [-0.1, -0.05) is 18.7 Å². The summed E-state index contributed by atoms with van der Waals surface area (Å²) in [5, 5.41) is 18.9. The zero-order chi connectivity index (χ0) is 21.2. The number of nitro benzene ring substituents is 1. The molecule has 0 aliphatic carbocycles. The Morgan fingerprint density at radius 3 is 2.28 bits per heavy atom. The van der Waals surface area contributed by atoms with Crippen LogP contribution in [0.15, 0.2) is 90.7 Å². The smallest absolute Gasteiger partial charge is 0.335 e. The molecule has 0 heterocycles. The summed E-state index contributed by atoms with van der Waals surface area (Å²) in [5.41, 5.74) is 1.48. The second-order valence-electron chi connectivity index (χ2n) is 5.73. The normalized spacial score (nSPS) is 10.3. The molecule has 29 heavy (non-hydrogen) atoms. The molecule has 148 valence electrons. The first kappa shape index (κ1) is 21.2. The van der Waals surface area contributed by atoms with Crippen molar-refractivity contribution in [1.82, 2.24) is 0 Å². The molecule has 0 spiro atoms. The summed E-state index contributed by atoms with van der Waals surface area (Å²) in [6, 6.07) is 10.7. The van der Waals surface area contributed by atoms with Gasteiger partial charge in [-0.05, 0) is 24.3 Å². The van der Waals surface area contributed by atoms with Crippen molar-refractivity contribution in [2.45, 2.75) is 0 Å². The van der Waals surface area contributed by atoms with Crippen molar-refractivity contribution in [3.8, 4) is 5.75 Å². The van der Waals surface area contributed by atoms with Gasteiger partial charge in [0.15, 0.2) is 5.75 Å². The van der Waals surface area contributed by atoms with Gasteiger partial charge < -0.3 is 9.64 Å². The molecule has 0 atom stereocenters. The summed E-state index contributed by atoms with van der Waals surface area (Å²) in [7, 11) is 0. The maximum absolute atomic E-state index is 11.7. The fraction of sp³-hybridized carbons (Fsp3) is 0.0952. The van der Waals surface area contributed by atoms with Crippen LogP contribution >= 0.6 is 0 Å². The molecule has 0 amide bonds. The average molecular weight is 392 g/mol. The lowest BCUT2D eigenvalue weighted by Gasteiger charge is -2.22. The predicted octanol–water partition coefficient (Wildman–Crippen LogP) is 5.28. The fourth-order valence-electron chi connectivity index (χ4n) is 2.36. The molecule has 8 nitrogen and oxygen atoms in total. The maximum atomic E-state index is 11.7. The van der Waals surface area contributed by atoms with E-state index in [9.17, 15) is 14.9 Å². The molecule has 2 aromatic rings. The van der Waals surface area contributed by atoms with Crippen molar-refractivity contribution in [3.63, 3.8) is 0 Å². The lowest BCUT2D eigenvalue weighted by molar-refractivity contribution is -0.384. The highest BCUT2D eigenvalue weighted by Gasteiger charge is 2.12. The van der Waals surface area contributed by atoms with Crippen LogP contribution in [0.4, 0.5) is 22.7 Å². The number of anilines is 1. The van der Waals surface area contributed by atoms with Crippen LogP contribution in [0.2, 0.25) is 0 Å². The van der Waals surface area contributed by atoms with E-state index in [2.05, 4.69) is 30.0 Å². The van der Waals surface area contributed by atoms with Gasteiger partial charge in [-0.2, -0.15) is 5.11 Å². The van der Waals surface area contributed by atoms with E-state index in [0.717, 1.165) is 11.8 Å². The molecule has 0 bridgehead atoms. The Kier molecular flexibility index (Phi) is 7.55. The van der Waals surface area contributed by atoms with Gasteiger partial charge in [0.25, 0.3) is 5.69 Å². The average Bonchev–Trinajstić information content (AvgIpc) is 2.72.